The van der Waals surface area contributed by atoms with Gasteiger partial charge in [-0.15, -0.1) is 5.10 Å². The Bertz CT molecular complexity index is 1900. The van der Waals surface area contributed by atoms with E-state index in [1.165, 1.54) is 11.8 Å². The lowest BCUT2D eigenvalue weighted by Crippen LogP contribution is -2.35. The molecule has 0 bridgehead atoms. The van der Waals surface area contributed by atoms with Crippen molar-refractivity contribution in [2.75, 3.05) is 19.0 Å². The number of ether oxygens (including phenoxy) is 1. The second-order valence-corrected chi connectivity index (χ2v) is 12.3. The van der Waals surface area contributed by atoms with Gasteiger partial charge >= 0.3 is 0 Å². The van der Waals surface area contributed by atoms with Crippen LogP contribution in [0.4, 0.5) is 5.69 Å². The van der Waals surface area contributed by atoms with E-state index in [1.54, 1.807) is 47.2 Å². The van der Waals surface area contributed by atoms with Gasteiger partial charge in [0.2, 0.25) is 11.8 Å². The molecule has 2 heterocycles. The number of hydrogen-bond donors (Lipinski definition) is 1. The predicted molar refractivity (Wildman–Crippen MR) is 189 cm³/mol. The maximum atomic E-state index is 13.6. The Labute approximate surface area is 281 Å². The molecule has 1 atom stereocenters. The van der Waals surface area contributed by atoms with Gasteiger partial charge in [0.05, 0.1) is 19.0 Å². The van der Waals surface area contributed by atoms with Crippen molar-refractivity contribution in [3.63, 3.8) is 0 Å². The average Bonchev–Trinajstić information content (AvgIpc) is 3.66. The zero-order chi connectivity index (χ0) is 32.6. The molecule has 0 radical (unpaired) electrons. The molecule has 0 spiro atoms. The summed E-state index contributed by atoms with van der Waals surface area (Å²) in [5.41, 5.74) is 4.95. The molecule has 47 heavy (non-hydrogen) atoms. The van der Waals surface area contributed by atoms with Crippen molar-refractivity contribution < 1.29 is 14.3 Å². The van der Waals surface area contributed by atoms with Gasteiger partial charge in [-0.3, -0.25) is 14.5 Å². The monoisotopic (exact) mass is 662 g/mol. The van der Waals surface area contributed by atoms with Gasteiger partial charge in [0.25, 0.3) is 0 Å². The number of halogens is 1. The summed E-state index contributed by atoms with van der Waals surface area (Å²) in [6, 6.07) is 34.2. The van der Waals surface area contributed by atoms with E-state index in [2.05, 4.69) is 15.5 Å². The van der Waals surface area contributed by atoms with Crippen LogP contribution in [0.2, 0.25) is 5.02 Å². The molecule has 5 aromatic rings. The number of nitrogens with zero attached hydrogens (tertiary/aromatic N) is 5. The van der Waals surface area contributed by atoms with Gasteiger partial charge in [0, 0.05) is 41.0 Å². The van der Waals surface area contributed by atoms with Crippen LogP contribution in [0.15, 0.2) is 126 Å². The number of hydrogen-bond acceptors (Lipinski definition) is 7. The van der Waals surface area contributed by atoms with Crippen molar-refractivity contribution in [3.8, 4) is 22.7 Å². The van der Waals surface area contributed by atoms with E-state index >= 15 is 0 Å². The van der Waals surface area contributed by atoms with Crippen LogP contribution in [0, 0.1) is 0 Å². The molecule has 0 saturated carbocycles. The standard InChI is InChI=1S/C36H31ClN6O3S/c1-46-31-18-12-26(13-19-31)34-27(24-43(41-34)30-10-6-3-7-11-30)23-38-40-36-42(21-20-25-8-4-2-5-9-25)35(45)32(47-36)22-33(44)39-29-16-14-28(37)15-17-29/h2-19,23-24,32H,20-22H2,1H3,(H,39,44)/b38-23+,40-36-. The van der Waals surface area contributed by atoms with E-state index in [0.29, 0.717) is 34.5 Å². The van der Waals surface area contributed by atoms with E-state index in [4.69, 9.17) is 21.4 Å². The van der Waals surface area contributed by atoms with Gasteiger partial charge in [0.1, 0.15) is 16.7 Å². The molecule has 1 fully saturated rings. The van der Waals surface area contributed by atoms with Crippen LogP contribution in [0.5, 0.6) is 5.75 Å². The lowest BCUT2D eigenvalue weighted by molar-refractivity contribution is -0.128. The highest BCUT2D eigenvalue weighted by molar-refractivity contribution is 8.15. The second kappa shape index (κ2) is 14.9. The number of aromatic nitrogens is 2. The molecule has 1 unspecified atom stereocenters. The Kier molecular flexibility index (Phi) is 10.1. The number of amides is 2. The third kappa shape index (κ3) is 7.97. The smallest absolute Gasteiger partial charge is 0.242 e. The summed E-state index contributed by atoms with van der Waals surface area (Å²) >= 11 is 7.21. The minimum absolute atomic E-state index is 0.0117. The Hall–Kier alpha value is -5.19. The SMILES string of the molecule is COc1ccc(-c2nn(-c3ccccc3)cc2/C=N/N=C2\SC(CC(=O)Nc3ccc(Cl)cc3)C(=O)N2CCc2ccccc2)cc1. The first-order chi connectivity index (χ1) is 23.0. The first kappa shape index (κ1) is 31.8. The first-order valence-corrected chi connectivity index (χ1v) is 16.2. The zero-order valence-corrected chi connectivity index (χ0v) is 27.1. The number of anilines is 1. The predicted octanol–water partition coefficient (Wildman–Crippen LogP) is 7.11. The number of amidine groups is 1. The summed E-state index contributed by atoms with van der Waals surface area (Å²) < 4.78 is 7.13. The van der Waals surface area contributed by atoms with E-state index < -0.39 is 5.25 Å². The fraction of sp³-hybridized carbons (Fsp3) is 0.139. The number of benzene rings is 4. The van der Waals surface area contributed by atoms with Gasteiger partial charge in [-0.2, -0.15) is 10.2 Å². The number of carbonyl (C=O) groups is 2. The minimum atomic E-state index is -0.636. The quantitative estimate of drug-likeness (QED) is 0.120. The highest BCUT2D eigenvalue weighted by atomic mass is 35.5. The summed E-state index contributed by atoms with van der Waals surface area (Å²) in [4.78, 5) is 28.1. The number of methoxy groups -OCH3 is 1. The number of para-hydroxylation sites is 1. The van der Waals surface area contributed by atoms with Crippen LogP contribution < -0.4 is 10.1 Å². The van der Waals surface area contributed by atoms with Gasteiger partial charge in [-0.1, -0.05) is 71.9 Å². The maximum Gasteiger partial charge on any atom is 0.242 e. The lowest BCUT2D eigenvalue weighted by Gasteiger charge is -2.15. The molecule has 2 amide bonds. The molecule has 6 rings (SSSR count). The fourth-order valence-corrected chi connectivity index (χ4v) is 6.28. The molecule has 9 nitrogen and oxygen atoms in total. The Morgan fingerprint density at radius 3 is 2.38 bits per heavy atom. The van der Waals surface area contributed by atoms with Gasteiger partial charge in [-0.05, 0) is 72.6 Å². The van der Waals surface area contributed by atoms with Crippen molar-refractivity contribution in [1.29, 1.82) is 0 Å². The van der Waals surface area contributed by atoms with Crippen molar-refractivity contribution in [2.45, 2.75) is 18.1 Å². The van der Waals surface area contributed by atoms with Crippen LogP contribution in [0.3, 0.4) is 0 Å². The average molecular weight is 663 g/mol. The maximum absolute atomic E-state index is 13.6. The molecule has 1 saturated heterocycles. The third-order valence-electron chi connectivity index (χ3n) is 7.45. The zero-order valence-electron chi connectivity index (χ0n) is 25.5. The Morgan fingerprint density at radius 2 is 1.68 bits per heavy atom. The van der Waals surface area contributed by atoms with E-state index in [1.807, 2.05) is 91.1 Å². The van der Waals surface area contributed by atoms with Crippen LogP contribution in [0.1, 0.15) is 17.5 Å². The van der Waals surface area contributed by atoms with E-state index in [9.17, 15) is 9.59 Å². The fourth-order valence-electron chi connectivity index (χ4n) is 5.03. The number of rotatable bonds is 11. The summed E-state index contributed by atoms with van der Waals surface area (Å²) in [5.74, 6) is 0.290. The highest BCUT2D eigenvalue weighted by Crippen LogP contribution is 2.31. The largest absolute Gasteiger partial charge is 0.497 e. The summed E-state index contributed by atoms with van der Waals surface area (Å²) in [6.45, 7) is 0.405. The molecule has 1 aliphatic heterocycles. The summed E-state index contributed by atoms with van der Waals surface area (Å²) in [5, 5.41) is 17.0. The number of nitrogens with one attached hydrogen (secondary N) is 1. The topological polar surface area (TPSA) is 101 Å². The third-order valence-corrected chi connectivity index (χ3v) is 8.87. The molecule has 11 heteroatoms. The van der Waals surface area contributed by atoms with Gasteiger partial charge in [-0.25, -0.2) is 4.68 Å². The van der Waals surface area contributed by atoms with Gasteiger partial charge < -0.3 is 10.1 Å². The van der Waals surface area contributed by atoms with E-state index in [-0.39, 0.29) is 18.2 Å². The van der Waals surface area contributed by atoms with Crippen LogP contribution >= 0.6 is 23.4 Å². The molecule has 0 aliphatic carbocycles. The van der Waals surface area contributed by atoms with Gasteiger partial charge in [0.15, 0.2) is 5.17 Å². The second-order valence-electron chi connectivity index (χ2n) is 10.7. The molecule has 1 N–H and O–H groups in total. The van der Waals surface area contributed by atoms with E-state index in [0.717, 1.165) is 28.1 Å². The highest BCUT2D eigenvalue weighted by Gasteiger charge is 2.39. The summed E-state index contributed by atoms with van der Waals surface area (Å²) in [6.07, 6.45) is 4.15. The van der Waals surface area contributed by atoms with Crippen molar-refractivity contribution in [1.82, 2.24) is 14.7 Å². The Morgan fingerprint density at radius 1 is 0.979 bits per heavy atom. The summed E-state index contributed by atoms with van der Waals surface area (Å²) in [7, 11) is 1.63. The minimum Gasteiger partial charge on any atom is -0.497 e. The lowest BCUT2D eigenvalue weighted by atomic mass is 10.1. The molecular formula is C36H31ClN6O3S. The first-order valence-electron chi connectivity index (χ1n) is 14.9. The van der Waals surface area contributed by atoms with Crippen LogP contribution in [-0.4, -0.2) is 56.8 Å². The molecule has 4 aromatic carbocycles. The van der Waals surface area contributed by atoms with Crippen molar-refractivity contribution >= 4 is 52.2 Å². The molecule has 1 aliphatic rings. The number of carbonyl (C=O) groups excluding carboxylic acids is 2. The molecular weight excluding hydrogens is 632 g/mol. The van der Waals surface area contributed by atoms with Crippen LogP contribution in [0.25, 0.3) is 16.9 Å². The molecule has 236 valence electrons. The Balaban J connectivity index is 1.26. The van der Waals surface area contributed by atoms with Crippen molar-refractivity contribution in [2.24, 2.45) is 10.2 Å². The van der Waals surface area contributed by atoms with Crippen LogP contribution in [-0.2, 0) is 16.0 Å². The molecule has 1 aromatic heterocycles. The number of thioether (sulfide) groups is 1. The normalized spacial score (nSPS) is 15.4. The van der Waals surface area contributed by atoms with Crippen molar-refractivity contribution in [3.05, 3.63) is 132 Å².